The molecule has 0 aliphatic carbocycles. The number of rotatable bonds is 6. The minimum Gasteiger partial charge on any atom is -0.322 e. The highest BCUT2D eigenvalue weighted by Gasteiger charge is 2.22. The zero-order valence-corrected chi connectivity index (χ0v) is 18.2. The molecule has 0 saturated heterocycles. The highest BCUT2D eigenvalue weighted by Crippen LogP contribution is 2.23. The first-order chi connectivity index (χ1) is 14.5. The SMILES string of the molecule is CN(c1ccc(F)cc1)S(=O)(=O)c1cccc(C(=O)Nc2ccc(S(C)(=O)=O)cc2)c1. The van der Waals surface area contributed by atoms with Crippen molar-refractivity contribution in [3.63, 3.8) is 0 Å². The smallest absolute Gasteiger partial charge is 0.264 e. The topological polar surface area (TPSA) is 101 Å². The molecule has 0 radical (unpaired) electrons. The molecule has 1 N–H and O–H groups in total. The number of nitrogens with zero attached hydrogens (tertiary/aromatic N) is 1. The van der Waals surface area contributed by atoms with Crippen molar-refractivity contribution in [2.24, 2.45) is 0 Å². The summed E-state index contributed by atoms with van der Waals surface area (Å²) in [6.45, 7) is 0. The molecule has 0 heterocycles. The minimum absolute atomic E-state index is 0.0979. The van der Waals surface area contributed by atoms with Crippen LogP contribution in [0.5, 0.6) is 0 Å². The average Bonchev–Trinajstić information content (AvgIpc) is 2.73. The summed E-state index contributed by atoms with van der Waals surface area (Å²) in [5.41, 5.74) is 0.720. The Morgan fingerprint density at radius 3 is 2.06 bits per heavy atom. The van der Waals surface area contributed by atoms with Gasteiger partial charge >= 0.3 is 0 Å². The van der Waals surface area contributed by atoms with Gasteiger partial charge in [-0.15, -0.1) is 0 Å². The van der Waals surface area contributed by atoms with Gasteiger partial charge in [-0.1, -0.05) is 6.07 Å². The van der Waals surface area contributed by atoms with Crippen LogP contribution in [-0.2, 0) is 19.9 Å². The fraction of sp³-hybridized carbons (Fsp3) is 0.0952. The molecular formula is C21H19FN2O5S2. The third-order valence-electron chi connectivity index (χ3n) is 4.49. The van der Waals surface area contributed by atoms with E-state index < -0.39 is 31.6 Å². The second kappa shape index (κ2) is 8.48. The number of sulfonamides is 1. The number of benzene rings is 3. The van der Waals surface area contributed by atoms with E-state index in [0.29, 0.717) is 5.69 Å². The van der Waals surface area contributed by atoms with Gasteiger partial charge in [0.05, 0.1) is 15.5 Å². The van der Waals surface area contributed by atoms with Gasteiger partial charge in [0.15, 0.2) is 9.84 Å². The van der Waals surface area contributed by atoms with Gasteiger partial charge < -0.3 is 5.32 Å². The van der Waals surface area contributed by atoms with E-state index in [1.54, 1.807) is 0 Å². The van der Waals surface area contributed by atoms with Crippen molar-refractivity contribution in [3.05, 3.63) is 84.2 Å². The van der Waals surface area contributed by atoms with Crippen molar-refractivity contribution < 1.29 is 26.0 Å². The lowest BCUT2D eigenvalue weighted by molar-refractivity contribution is 0.102. The van der Waals surface area contributed by atoms with Gasteiger partial charge in [-0.2, -0.15) is 0 Å². The summed E-state index contributed by atoms with van der Waals surface area (Å²) >= 11 is 0. The van der Waals surface area contributed by atoms with Crippen LogP contribution >= 0.6 is 0 Å². The van der Waals surface area contributed by atoms with Crippen LogP contribution in [-0.4, -0.2) is 36.0 Å². The van der Waals surface area contributed by atoms with E-state index in [-0.39, 0.29) is 21.0 Å². The van der Waals surface area contributed by atoms with Crippen LogP contribution in [0.15, 0.2) is 82.6 Å². The molecule has 0 bridgehead atoms. The molecule has 0 atom stereocenters. The van der Waals surface area contributed by atoms with E-state index in [2.05, 4.69) is 5.32 Å². The average molecular weight is 463 g/mol. The summed E-state index contributed by atoms with van der Waals surface area (Å²) in [5, 5.41) is 2.60. The molecule has 31 heavy (non-hydrogen) atoms. The predicted molar refractivity (Wildman–Crippen MR) is 116 cm³/mol. The van der Waals surface area contributed by atoms with Crippen LogP contribution in [0.3, 0.4) is 0 Å². The van der Waals surface area contributed by atoms with Crippen LogP contribution in [0.4, 0.5) is 15.8 Å². The molecule has 3 rings (SSSR count). The van der Waals surface area contributed by atoms with E-state index >= 15 is 0 Å². The molecule has 0 aliphatic rings. The molecule has 0 fully saturated rings. The highest BCUT2D eigenvalue weighted by molar-refractivity contribution is 7.92. The summed E-state index contributed by atoms with van der Waals surface area (Å²) in [6.07, 6.45) is 1.08. The third-order valence-corrected chi connectivity index (χ3v) is 7.40. The molecule has 0 saturated carbocycles. The predicted octanol–water partition coefficient (Wildman–Crippen LogP) is 3.31. The van der Waals surface area contributed by atoms with Crippen LogP contribution in [0.2, 0.25) is 0 Å². The minimum atomic E-state index is -3.99. The summed E-state index contributed by atoms with van der Waals surface area (Å²) in [6, 6.07) is 16.1. The fourth-order valence-corrected chi connectivity index (χ4v) is 4.61. The van der Waals surface area contributed by atoms with Crippen LogP contribution < -0.4 is 9.62 Å². The van der Waals surface area contributed by atoms with Gasteiger partial charge in [0.1, 0.15) is 5.82 Å². The van der Waals surface area contributed by atoms with Crippen molar-refractivity contribution in [1.29, 1.82) is 0 Å². The van der Waals surface area contributed by atoms with Gasteiger partial charge in [-0.05, 0) is 66.7 Å². The van der Waals surface area contributed by atoms with Gasteiger partial charge in [-0.25, -0.2) is 21.2 Å². The Bertz CT molecular complexity index is 1320. The second-order valence-corrected chi connectivity index (χ2v) is 10.7. The van der Waals surface area contributed by atoms with Crippen LogP contribution in [0.25, 0.3) is 0 Å². The molecule has 0 unspecified atom stereocenters. The first-order valence-electron chi connectivity index (χ1n) is 8.94. The molecule has 3 aromatic rings. The zero-order chi connectivity index (χ0) is 22.8. The molecule has 10 heteroatoms. The third kappa shape index (κ3) is 5.09. The Kier molecular flexibility index (Phi) is 6.14. The van der Waals surface area contributed by atoms with Gasteiger partial charge in [0.25, 0.3) is 15.9 Å². The molecule has 0 aliphatic heterocycles. The Morgan fingerprint density at radius 1 is 0.871 bits per heavy atom. The highest BCUT2D eigenvalue weighted by atomic mass is 32.2. The lowest BCUT2D eigenvalue weighted by atomic mass is 10.2. The van der Waals surface area contributed by atoms with E-state index in [4.69, 9.17) is 0 Å². The number of carbonyl (C=O) groups is 1. The summed E-state index contributed by atoms with van der Waals surface area (Å²) < 4.78 is 63.0. The van der Waals surface area contributed by atoms with Crippen molar-refractivity contribution in [2.45, 2.75) is 9.79 Å². The summed E-state index contributed by atoms with van der Waals surface area (Å²) in [5.74, 6) is -1.05. The number of amides is 1. The molecular weight excluding hydrogens is 443 g/mol. The van der Waals surface area contributed by atoms with Crippen molar-refractivity contribution in [2.75, 3.05) is 22.9 Å². The number of hydrogen-bond acceptors (Lipinski definition) is 5. The molecule has 162 valence electrons. The maximum absolute atomic E-state index is 13.1. The first kappa shape index (κ1) is 22.4. The van der Waals surface area contributed by atoms with Crippen molar-refractivity contribution >= 4 is 37.1 Å². The van der Waals surface area contributed by atoms with E-state index in [1.807, 2.05) is 0 Å². The summed E-state index contributed by atoms with van der Waals surface area (Å²) in [4.78, 5) is 12.6. The van der Waals surface area contributed by atoms with Gasteiger partial charge in [0.2, 0.25) is 0 Å². The number of anilines is 2. The molecule has 3 aromatic carbocycles. The van der Waals surface area contributed by atoms with Gasteiger partial charge in [0, 0.05) is 24.6 Å². The Morgan fingerprint density at radius 2 is 1.48 bits per heavy atom. The Hall–Kier alpha value is -3.24. The fourth-order valence-electron chi connectivity index (χ4n) is 2.73. The molecule has 7 nitrogen and oxygen atoms in total. The number of halogens is 1. The Labute approximate surface area is 180 Å². The first-order valence-corrected chi connectivity index (χ1v) is 12.3. The number of hydrogen-bond donors (Lipinski definition) is 1. The lowest BCUT2D eigenvalue weighted by Gasteiger charge is -2.19. The van der Waals surface area contributed by atoms with Crippen LogP contribution in [0, 0.1) is 5.82 Å². The second-order valence-electron chi connectivity index (χ2n) is 6.73. The van der Waals surface area contributed by atoms with E-state index in [1.165, 1.54) is 67.7 Å². The van der Waals surface area contributed by atoms with Crippen molar-refractivity contribution in [3.8, 4) is 0 Å². The molecule has 0 aromatic heterocycles. The van der Waals surface area contributed by atoms with E-state index in [9.17, 15) is 26.0 Å². The maximum atomic E-state index is 13.1. The van der Waals surface area contributed by atoms with Crippen LogP contribution in [0.1, 0.15) is 10.4 Å². The lowest BCUT2D eigenvalue weighted by Crippen LogP contribution is -2.26. The number of sulfone groups is 1. The number of nitrogens with one attached hydrogen (secondary N) is 1. The monoisotopic (exact) mass is 462 g/mol. The molecule has 1 amide bonds. The standard InChI is InChI=1S/C21H19FN2O5S2/c1-24(18-10-6-16(22)7-11-18)31(28,29)20-5-3-4-15(14-20)21(25)23-17-8-12-19(13-9-17)30(2,26)27/h3-14H,1-2H3,(H,23,25). The maximum Gasteiger partial charge on any atom is 0.264 e. The zero-order valence-electron chi connectivity index (χ0n) is 16.6. The molecule has 0 spiro atoms. The summed E-state index contributed by atoms with van der Waals surface area (Å²) in [7, 11) is -6.02. The van der Waals surface area contributed by atoms with E-state index in [0.717, 1.165) is 22.7 Å². The Balaban J connectivity index is 1.83. The largest absolute Gasteiger partial charge is 0.322 e. The number of carbonyl (C=O) groups excluding carboxylic acids is 1. The normalized spacial score (nSPS) is 11.7. The van der Waals surface area contributed by atoms with Gasteiger partial charge in [-0.3, -0.25) is 9.10 Å². The quantitative estimate of drug-likeness (QED) is 0.606. The van der Waals surface area contributed by atoms with Crippen molar-refractivity contribution in [1.82, 2.24) is 0 Å².